The highest BCUT2D eigenvalue weighted by Gasteiger charge is 2.34. The molecule has 2 N–H and O–H groups in total. The van der Waals surface area contributed by atoms with Crippen LogP contribution in [-0.2, 0) is 4.79 Å². The molecule has 0 spiro atoms. The second-order valence-electron chi connectivity index (χ2n) is 5.65. The van der Waals surface area contributed by atoms with Crippen LogP contribution in [0.5, 0.6) is 0 Å². The number of imide groups is 1. The molecule has 0 aromatic rings. The molecule has 0 radical (unpaired) electrons. The number of carbonyl (C=O) groups excluding carboxylic acids is 2. The highest BCUT2D eigenvalue weighted by atomic mass is 16.2. The van der Waals surface area contributed by atoms with E-state index in [4.69, 9.17) is 0 Å². The number of amides is 3. The first kappa shape index (κ1) is 12.9. The Hall–Kier alpha value is -1.14. The van der Waals surface area contributed by atoms with Crippen molar-refractivity contribution >= 4 is 11.9 Å². The molecule has 2 unspecified atom stereocenters. The molecule has 106 valence electrons. The van der Waals surface area contributed by atoms with Gasteiger partial charge in [-0.05, 0) is 38.8 Å². The van der Waals surface area contributed by atoms with Gasteiger partial charge in [0.15, 0.2) is 0 Å². The van der Waals surface area contributed by atoms with Crippen molar-refractivity contribution < 1.29 is 9.59 Å². The quantitative estimate of drug-likeness (QED) is 0.689. The van der Waals surface area contributed by atoms with Gasteiger partial charge in [-0.15, -0.1) is 0 Å². The van der Waals surface area contributed by atoms with E-state index in [0.717, 1.165) is 19.6 Å². The topological polar surface area (TPSA) is 64.7 Å². The molecule has 2 atom stereocenters. The summed E-state index contributed by atoms with van der Waals surface area (Å²) in [5, 5.41) is 6.14. The van der Waals surface area contributed by atoms with E-state index < -0.39 is 0 Å². The van der Waals surface area contributed by atoms with Crippen molar-refractivity contribution in [2.24, 2.45) is 0 Å². The molecule has 3 amide bonds. The monoisotopic (exact) mass is 266 g/mol. The lowest BCUT2D eigenvalue weighted by atomic mass is 10.0. The van der Waals surface area contributed by atoms with Crippen molar-refractivity contribution in [2.45, 2.75) is 37.8 Å². The first-order valence-electron chi connectivity index (χ1n) is 7.31. The molecule has 3 rings (SSSR count). The lowest BCUT2D eigenvalue weighted by Gasteiger charge is -2.30. The van der Waals surface area contributed by atoms with Crippen molar-refractivity contribution in [3.63, 3.8) is 0 Å². The molecule has 19 heavy (non-hydrogen) atoms. The van der Waals surface area contributed by atoms with E-state index >= 15 is 0 Å². The fraction of sp³-hybridized carbons (Fsp3) is 0.846. The third-order valence-electron chi connectivity index (χ3n) is 4.52. The molecule has 0 aromatic carbocycles. The van der Waals surface area contributed by atoms with Crippen LogP contribution in [0.2, 0.25) is 0 Å². The Bertz CT molecular complexity index is 352. The highest BCUT2D eigenvalue weighted by Crippen LogP contribution is 2.24. The predicted molar refractivity (Wildman–Crippen MR) is 70.7 cm³/mol. The van der Waals surface area contributed by atoms with E-state index in [9.17, 15) is 9.59 Å². The van der Waals surface area contributed by atoms with Crippen LogP contribution in [0.4, 0.5) is 4.79 Å². The zero-order chi connectivity index (χ0) is 13.2. The molecule has 0 bridgehead atoms. The van der Waals surface area contributed by atoms with E-state index in [1.54, 1.807) is 0 Å². The van der Waals surface area contributed by atoms with Gasteiger partial charge in [0.1, 0.15) is 0 Å². The molecule has 0 aromatic heterocycles. The number of nitrogens with zero attached hydrogens (tertiary/aromatic N) is 2. The lowest BCUT2D eigenvalue weighted by Crippen LogP contribution is -2.47. The van der Waals surface area contributed by atoms with Gasteiger partial charge in [-0.25, -0.2) is 4.79 Å². The van der Waals surface area contributed by atoms with Crippen LogP contribution in [0.3, 0.4) is 0 Å². The third-order valence-corrected chi connectivity index (χ3v) is 4.52. The van der Waals surface area contributed by atoms with Gasteiger partial charge in [0.25, 0.3) is 0 Å². The summed E-state index contributed by atoms with van der Waals surface area (Å²) in [6.07, 6.45) is 4.98. The minimum atomic E-state index is -0.236. The molecule has 3 aliphatic rings. The molecule has 3 fully saturated rings. The molecule has 6 nitrogen and oxygen atoms in total. The molecular formula is C13H22N4O2. The maximum Gasteiger partial charge on any atom is 0.324 e. The molecule has 3 saturated heterocycles. The summed E-state index contributed by atoms with van der Waals surface area (Å²) in [4.78, 5) is 26.8. The van der Waals surface area contributed by atoms with Crippen molar-refractivity contribution in [3.05, 3.63) is 0 Å². The largest absolute Gasteiger partial charge is 0.329 e. The van der Waals surface area contributed by atoms with Crippen molar-refractivity contribution in [1.29, 1.82) is 0 Å². The molecule has 3 aliphatic heterocycles. The Morgan fingerprint density at radius 3 is 2.74 bits per heavy atom. The van der Waals surface area contributed by atoms with Gasteiger partial charge in [0, 0.05) is 25.2 Å². The number of nitrogens with one attached hydrogen (secondary N) is 2. The zero-order valence-corrected chi connectivity index (χ0v) is 11.2. The summed E-state index contributed by atoms with van der Waals surface area (Å²) >= 11 is 0. The second kappa shape index (κ2) is 5.46. The van der Waals surface area contributed by atoms with Crippen LogP contribution in [-0.4, -0.2) is 66.5 Å². The standard InChI is InChI=1S/C13H22N4O2/c18-12-9-15-13(19)17(12)8-7-16-6-2-4-11(16)10-3-1-5-14-10/h10-11,14H,1-9H2,(H,15,19). The first-order chi connectivity index (χ1) is 9.25. The fourth-order valence-electron chi connectivity index (χ4n) is 3.54. The van der Waals surface area contributed by atoms with Crippen LogP contribution in [0, 0.1) is 0 Å². The van der Waals surface area contributed by atoms with E-state index in [1.807, 2.05) is 0 Å². The number of hydrogen-bond acceptors (Lipinski definition) is 4. The summed E-state index contributed by atoms with van der Waals surface area (Å²) in [6, 6.07) is 0.952. The van der Waals surface area contributed by atoms with E-state index in [-0.39, 0.29) is 18.5 Å². The zero-order valence-electron chi connectivity index (χ0n) is 11.2. The molecular weight excluding hydrogens is 244 g/mol. The van der Waals surface area contributed by atoms with Gasteiger partial charge >= 0.3 is 6.03 Å². The number of likely N-dealkylation sites (tertiary alicyclic amines) is 1. The Morgan fingerprint density at radius 2 is 2.05 bits per heavy atom. The lowest BCUT2D eigenvalue weighted by molar-refractivity contribution is -0.125. The minimum absolute atomic E-state index is 0.0975. The number of urea groups is 1. The van der Waals surface area contributed by atoms with E-state index in [2.05, 4.69) is 15.5 Å². The van der Waals surface area contributed by atoms with Crippen LogP contribution >= 0.6 is 0 Å². The molecule has 0 aliphatic carbocycles. The van der Waals surface area contributed by atoms with Gasteiger partial charge in [-0.2, -0.15) is 0 Å². The number of carbonyl (C=O) groups is 2. The van der Waals surface area contributed by atoms with Crippen molar-refractivity contribution in [1.82, 2.24) is 20.4 Å². The Morgan fingerprint density at radius 1 is 1.16 bits per heavy atom. The summed E-state index contributed by atoms with van der Waals surface area (Å²) in [6.45, 7) is 3.71. The average Bonchev–Trinajstić information content (AvgIpc) is 3.09. The summed E-state index contributed by atoms with van der Waals surface area (Å²) in [7, 11) is 0. The van der Waals surface area contributed by atoms with Crippen LogP contribution in [0.1, 0.15) is 25.7 Å². The molecule has 0 saturated carbocycles. The van der Waals surface area contributed by atoms with Gasteiger partial charge in [0.05, 0.1) is 6.54 Å². The van der Waals surface area contributed by atoms with Crippen LogP contribution in [0.25, 0.3) is 0 Å². The van der Waals surface area contributed by atoms with E-state index in [1.165, 1.54) is 30.6 Å². The number of rotatable bonds is 4. The SMILES string of the molecule is O=C1CNC(=O)N1CCN1CCCC1C1CCCN1. The molecule has 6 heteroatoms. The Labute approximate surface area is 113 Å². The van der Waals surface area contributed by atoms with Crippen LogP contribution < -0.4 is 10.6 Å². The van der Waals surface area contributed by atoms with Gasteiger partial charge in [0.2, 0.25) is 5.91 Å². The summed E-state index contributed by atoms with van der Waals surface area (Å²) in [5.74, 6) is -0.0975. The van der Waals surface area contributed by atoms with Crippen molar-refractivity contribution in [3.8, 4) is 0 Å². The molecule has 3 heterocycles. The van der Waals surface area contributed by atoms with Crippen molar-refractivity contribution in [2.75, 3.05) is 32.7 Å². The third kappa shape index (κ3) is 2.60. The predicted octanol–water partition coefficient (Wildman–Crippen LogP) is -0.245. The normalized spacial score (nSPS) is 32.3. The minimum Gasteiger partial charge on any atom is -0.329 e. The summed E-state index contributed by atoms with van der Waals surface area (Å²) < 4.78 is 0. The Balaban J connectivity index is 1.53. The van der Waals surface area contributed by atoms with Gasteiger partial charge in [-0.3, -0.25) is 14.6 Å². The Kier molecular flexibility index (Phi) is 3.70. The second-order valence-corrected chi connectivity index (χ2v) is 5.65. The van der Waals surface area contributed by atoms with Gasteiger partial charge < -0.3 is 10.6 Å². The maximum absolute atomic E-state index is 11.5. The van der Waals surface area contributed by atoms with Crippen LogP contribution in [0.15, 0.2) is 0 Å². The number of hydrogen-bond donors (Lipinski definition) is 2. The highest BCUT2D eigenvalue weighted by molar-refractivity contribution is 6.01. The fourth-order valence-corrected chi connectivity index (χ4v) is 3.54. The average molecular weight is 266 g/mol. The maximum atomic E-state index is 11.5. The van der Waals surface area contributed by atoms with Gasteiger partial charge in [-0.1, -0.05) is 0 Å². The smallest absolute Gasteiger partial charge is 0.324 e. The first-order valence-corrected chi connectivity index (χ1v) is 7.31. The van der Waals surface area contributed by atoms with E-state index in [0.29, 0.717) is 18.6 Å². The summed E-state index contributed by atoms with van der Waals surface area (Å²) in [5.41, 5.74) is 0.